The molecule has 0 bridgehead atoms. The molecule has 1 amide bonds. The number of hydrogen-bond acceptors (Lipinski definition) is 7. The Hall–Kier alpha value is -2.46. The first-order valence-corrected chi connectivity index (χ1v) is 15.2. The van der Waals surface area contributed by atoms with Crippen LogP contribution in [0.3, 0.4) is 0 Å². The molecule has 2 aliphatic rings. The Labute approximate surface area is 258 Å². The minimum atomic E-state index is -4.98. The fourth-order valence-electron chi connectivity index (χ4n) is 4.79. The number of thiocarbonyl (C=S) groups is 1. The molecule has 234 valence electrons. The fourth-order valence-corrected chi connectivity index (χ4v) is 7.35. The van der Waals surface area contributed by atoms with E-state index in [0.717, 1.165) is 23.9 Å². The van der Waals surface area contributed by atoms with Gasteiger partial charge in [-0.25, -0.2) is 0 Å². The molecular formula is C28H29F6N3O3S3. The van der Waals surface area contributed by atoms with Gasteiger partial charge in [-0.2, -0.15) is 26.3 Å². The number of thioether (sulfide) groups is 1. The first-order valence-electron chi connectivity index (χ1n) is 13.2. The van der Waals surface area contributed by atoms with E-state index in [4.69, 9.17) is 17.3 Å². The van der Waals surface area contributed by atoms with Gasteiger partial charge < -0.3 is 5.11 Å². The van der Waals surface area contributed by atoms with Crippen molar-refractivity contribution in [3.63, 3.8) is 0 Å². The van der Waals surface area contributed by atoms with Crippen LogP contribution in [0.25, 0.3) is 17.2 Å². The van der Waals surface area contributed by atoms with Crippen molar-refractivity contribution in [1.82, 2.24) is 14.7 Å². The Morgan fingerprint density at radius 3 is 2.00 bits per heavy atom. The zero-order valence-electron chi connectivity index (χ0n) is 23.4. The van der Waals surface area contributed by atoms with Crippen molar-refractivity contribution >= 4 is 57.6 Å². The van der Waals surface area contributed by atoms with Gasteiger partial charge in [-0.1, -0.05) is 44.8 Å². The van der Waals surface area contributed by atoms with Crippen molar-refractivity contribution in [3.05, 3.63) is 50.1 Å². The second-order valence-corrected chi connectivity index (χ2v) is 14.0. The number of hydrogen-bond donors (Lipinski definition) is 1. The Morgan fingerprint density at radius 1 is 0.930 bits per heavy atom. The summed E-state index contributed by atoms with van der Waals surface area (Å²) in [6.45, 7) is 8.76. The molecular weight excluding hydrogens is 637 g/mol. The number of carboxylic acids is 1. The van der Waals surface area contributed by atoms with Gasteiger partial charge in [0.25, 0.3) is 5.91 Å². The van der Waals surface area contributed by atoms with Gasteiger partial charge in [0.15, 0.2) is 0 Å². The summed E-state index contributed by atoms with van der Waals surface area (Å²) in [5.41, 5.74) is -3.38. The fraction of sp³-hybridized carbons (Fsp3) is 0.464. The number of carbonyl (C=O) groups is 2. The summed E-state index contributed by atoms with van der Waals surface area (Å²) in [6.07, 6.45) is -8.38. The molecule has 2 saturated heterocycles. The Morgan fingerprint density at radius 2 is 1.49 bits per heavy atom. The maximum absolute atomic E-state index is 13.6. The molecule has 0 saturated carbocycles. The van der Waals surface area contributed by atoms with Crippen LogP contribution in [0, 0.1) is 0 Å². The summed E-state index contributed by atoms with van der Waals surface area (Å²) in [6, 6.07) is 3.06. The summed E-state index contributed by atoms with van der Waals surface area (Å²) in [5.74, 6) is -1.21. The molecule has 0 radical (unpaired) electrons. The molecule has 43 heavy (non-hydrogen) atoms. The minimum Gasteiger partial charge on any atom is -0.480 e. The number of nitrogens with zero attached hydrogens (tertiary/aromatic N) is 3. The molecule has 0 aliphatic carbocycles. The number of aliphatic carboxylic acids is 1. The van der Waals surface area contributed by atoms with Crippen LogP contribution in [0.15, 0.2) is 29.2 Å². The molecule has 0 unspecified atom stereocenters. The zero-order chi connectivity index (χ0) is 31.9. The van der Waals surface area contributed by atoms with Crippen LogP contribution < -0.4 is 0 Å². The minimum absolute atomic E-state index is 0.0219. The van der Waals surface area contributed by atoms with E-state index in [1.807, 2.05) is 25.7 Å². The molecule has 4 rings (SSSR count). The first kappa shape index (κ1) is 33.4. The van der Waals surface area contributed by atoms with Crippen molar-refractivity contribution in [3.8, 4) is 11.1 Å². The average Bonchev–Trinajstić information content (AvgIpc) is 3.43. The van der Waals surface area contributed by atoms with Crippen LogP contribution >= 0.6 is 35.3 Å². The number of carbonyl (C=O) groups excluding carboxylic acids is 1. The molecule has 2 aromatic rings. The summed E-state index contributed by atoms with van der Waals surface area (Å²) < 4.78 is 81.7. The molecule has 6 nitrogen and oxygen atoms in total. The van der Waals surface area contributed by atoms with Crippen molar-refractivity contribution in [1.29, 1.82) is 0 Å². The van der Waals surface area contributed by atoms with Crippen molar-refractivity contribution in [2.45, 2.75) is 38.5 Å². The Kier molecular flexibility index (Phi) is 9.72. The van der Waals surface area contributed by atoms with Gasteiger partial charge in [0.1, 0.15) is 4.32 Å². The molecule has 1 N–H and O–H groups in total. The highest BCUT2D eigenvalue weighted by Gasteiger charge is 2.38. The van der Waals surface area contributed by atoms with Gasteiger partial charge in [-0.15, -0.1) is 11.3 Å². The molecule has 2 fully saturated rings. The number of halogens is 6. The van der Waals surface area contributed by atoms with Gasteiger partial charge in [-0.05, 0) is 46.9 Å². The van der Waals surface area contributed by atoms with E-state index >= 15 is 0 Å². The quantitative estimate of drug-likeness (QED) is 0.202. The zero-order valence-corrected chi connectivity index (χ0v) is 25.9. The predicted octanol–water partition coefficient (Wildman–Crippen LogP) is 6.65. The van der Waals surface area contributed by atoms with Crippen LogP contribution in [0.1, 0.15) is 41.7 Å². The summed E-state index contributed by atoms with van der Waals surface area (Å²) in [5, 5.41) is 8.96. The van der Waals surface area contributed by atoms with Gasteiger partial charge in [0, 0.05) is 49.0 Å². The predicted molar refractivity (Wildman–Crippen MR) is 159 cm³/mol. The smallest absolute Gasteiger partial charge is 0.416 e. The van der Waals surface area contributed by atoms with Gasteiger partial charge in [0.2, 0.25) is 0 Å². The number of rotatable bonds is 7. The van der Waals surface area contributed by atoms with Crippen LogP contribution in [0.5, 0.6) is 0 Å². The van der Waals surface area contributed by atoms with E-state index in [-0.39, 0.29) is 29.6 Å². The Balaban J connectivity index is 1.58. The van der Waals surface area contributed by atoms with Crippen molar-refractivity contribution < 1.29 is 41.0 Å². The van der Waals surface area contributed by atoms with E-state index < -0.39 is 34.9 Å². The third-order valence-corrected chi connectivity index (χ3v) is 9.83. The third kappa shape index (κ3) is 8.18. The largest absolute Gasteiger partial charge is 0.480 e. The number of thiophene rings is 1. The summed E-state index contributed by atoms with van der Waals surface area (Å²) in [4.78, 5) is 31.0. The monoisotopic (exact) mass is 665 g/mol. The lowest BCUT2D eigenvalue weighted by Gasteiger charge is -2.34. The second-order valence-electron chi connectivity index (χ2n) is 11.3. The van der Waals surface area contributed by atoms with Crippen LogP contribution in [-0.4, -0.2) is 81.8 Å². The molecule has 3 heterocycles. The van der Waals surface area contributed by atoms with E-state index in [0.29, 0.717) is 58.2 Å². The second kappa shape index (κ2) is 12.5. The molecule has 15 heteroatoms. The highest BCUT2D eigenvalue weighted by atomic mass is 32.2. The van der Waals surface area contributed by atoms with E-state index in [1.54, 1.807) is 6.08 Å². The summed E-state index contributed by atoms with van der Waals surface area (Å²) in [7, 11) is 0. The van der Waals surface area contributed by atoms with E-state index in [2.05, 4.69) is 4.90 Å². The first-order chi connectivity index (χ1) is 19.8. The standard InChI is InChI=1S/C28H29F6N3O3S3/c1-26(2,3)23-20(16-10-17(27(29,30)31)12-18(11-16)28(32,33)34)13-19(42-23)14-21-24(40)37(25(41)43-21)9-8-35-4-6-36(7-5-35)15-22(38)39/h10-14H,4-9,15H2,1-3H3,(H,38,39)/b21-14-. The van der Waals surface area contributed by atoms with Crippen LogP contribution in [0.4, 0.5) is 26.3 Å². The highest BCUT2D eigenvalue weighted by Crippen LogP contribution is 2.45. The molecule has 1 aromatic carbocycles. The molecule has 2 aliphatic heterocycles. The number of piperazine rings is 1. The number of carboxylic acid groups (broad SMARTS) is 1. The molecule has 0 atom stereocenters. The SMILES string of the molecule is CC(C)(C)c1sc(/C=C2\SC(=S)N(CCN3CCN(CC(=O)O)CC3)C2=O)cc1-c1cc(C(F)(F)F)cc(C(F)(F)F)c1. The normalized spacial score (nSPS) is 18.7. The number of alkyl halides is 6. The van der Waals surface area contributed by atoms with Crippen molar-refractivity contribution in [2.24, 2.45) is 0 Å². The maximum atomic E-state index is 13.6. The Bertz CT molecular complexity index is 1410. The van der Waals surface area contributed by atoms with Gasteiger partial charge in [0.05, 0.1) is 22.6 Å². The lowest BCUT2D eigenvalue weighted by molar-refractivity contribution is -0.143. The lowest BCUT2D eigenvalue weighted by atomic mass is 9.88. The summed E-state index contributed by atoms with van der Waals surface area (Å²) >= 11 is 7.72. The maximum Gasteiger partial charge on any atom is 0.416 e. The molecule has 1 aromatic heterocycles. The molecule has 0 spiro atoms. The van der Waals surface area contributed by atoms with Crippen LogP contribution in [0.2, 0.25) is 0 Å². The lowest BCUT2D eigenvalue weighted by Crippen LogP contribution is -2.49. The number of benzene rings is 1. The van der Waals surface area contributed by atoms with E-state index in [9.17, 15) is 35.9 Å². The third-order valence-electron chi connectivity index (χ3n) is 6.94. The number of amides is 1. The van der Waals surface area contributed by atoms with Crippen LogP contribution in [-0.2, 0) is 27.4 Å². The highest BCUT2D eigenvalue weighted by molar-refractivity contribution is 8.26. The van der Waals surface area contributed by atoms with Gasteiger partial charge >= 0.3 is 18.3 Å². The van der Waals surface area contributed by atoms with Crippen molar-refractivity contribution in [2.75, 3.05) is 45.8 Å². The average molecular weight is 666 g/mol. The van der Waals surface area contributed by atoms with Gasteiger partial charge in [-0.3, -0.25) is 24.3 Å². The van der Waals surface area contributed by atoms with E-state index in [1.165, 1.54) is 22.3 Å². The topological polar surface area (TPSA) is 64.1 Å².